The molecule has 0 radical (unpaired) electrons. The summed E-state index contributed by atoms with van der Waals surface area (Å²) in [5, 5.41) is 8.48. The number of ketones is 1. The molecule has 15 heavy (non-hydrogen) atoms. The summed E-state index contributed by atoms with van der Waals surface area (Å²) in [6.45, 7) is 3.21. The number of nitrogens with zero attached hydrogens (tertiary/aromatic N) is 1. The molecule has 1 aromatic carbocycles. The number of nitriles is 1. The Morgan fingerprint density at radius 2 is 2.07 bits per heavy atom. The van der Waals surface area contributed by atoms with Crippen molar-refractivity contribution in [2.24, 2.45) is 0 Å². The second kappa shape index (κ2) is 5.16. The third-order valence-corrected chi connectivity index (χ3v) is 2.09. The Morgan fingerprint density at radius 3 is 2.53 bits per heavy atom. The molecule has 0 heterocycles. The molecular formula is C12H13NO2. The molecule has 1 aromatic rings. The van der Waals surface area contributed by atoms with Crippen LogP contribution in [0.3, 0.4) is 0 Å². The Hall–Kier alpha value is -1.82. The molecule has 0 bridgehead atoms. The molecule has 78 valence electrons. The fourth-order valence-corrected chi connectivity index (χ4v) is 1.06. The Labute approximate surface area is 89.3 Å². The number of carbonyl (C=O) groups excluding carboxylic acids is 1. The van der Waals surface area contributed by atoms with Crippen molar-refractivity contribution in [1.82, 2.24) is 0 Å². The van der Waals surface area contributed by atoms with E-state index in [1.54, 1.807) is 19.1 Å². The fraction of sp³-hybridized carbons (Fsp3) is 0.333. The maximum atomic E-state index is 10.9. The summed E-state index contributed by atoms with van der Waals surface area (Å²) in [5.74, 6) is 0.649. The van der Waals surface area contributed by atoms with Crippen LogP contribution in [0.5, 0.6) is 5.75 Å². The Bertz CT molecular complexity index is 376. The standard InChI is InChI=1S/C12H13NO2/c1-9(14)10(2)15-12-5-3-11(4-6-12)7-8-13/h3-6,10H,7H2,1-2H3. The van der Waals surface area contributed by atoms with E-state index in [0.717, 1.165) is 5.56 Å². The van der Waals surface area contributed by atoms with Gasteiger partial charge in [0.1, 0.15) is 5.75 Å². The van der Waals surface area contributed by atoms with Gasteiger partial charge in [-0.1, -0.05) is 12.1 Å². The summed E-state index contributed by atoms with van der Waals surface area (Å²) in [6, 6.07) is 9.26. The van der Waals surface area contributed by atoms with Crippen molar-refractivity contribution in [2.45, 2.75) is 26.4 Å². The predicted molar refractivity (Wildman–Crippen MR) is 56.5 cm³/mol. The first-order valence-electron chi connectivity index (χ1n) is 4.76. The van der Waals surface area contributed by atoms with Gasteiger partial charge in [0.2, 0.25) is 0 Å². The largest absolute Gasteiger partial charge is 0.483 e. The zero-order chi connectivity index (χ0) is 11.3. The van der Waals surface area contributed by atoms with Crippen LogP contribution in [0.2, 0.25) is 0 Å². The lowest BCUT2D eigenvalue weighted by Crippen LogP contribution is -2.20. The molecule has 0 aromatic heterocycles. The van der Waals surface area contributed by atoms with Crippen molar-refractivity contribution in [1.29, 1.82) is 5.26 Å². The van der Waals surface area contributed by atoms with Crippen molar-refractivity contribution < 1.29 is 9.53 Å². The maximum absolute atomic E-state index is 10.9. The van der Waals surface area contributed by atoms with Crippen LogP contribution in [0.1, 0.15) is 19.4 Å². The molecule has 0 N–H and O–H groups in total. The van der Waals surface area contributed by atoms with Gasteiger partial charge in [-0.05, 0) is 31.5 Å². The van der Waals surface area contributed by atoms with E-state index in [1.807, 2.05) is 12.1 Å². The van der Waals surface area contributed by atoms with Crippen LogP contribution in [-0.2, 0) is 11.2 Å². The van der Waals surface area contributed by atoms with Crippen molar-refractivity contribution in [3.05, 3.63) is 29.8 Å². The number of rotatable bonds is 4. The molecule has 0 amide bonds. The second-order valence-electron chi connectivity index (χ2n) is 3.35. The molecule has 0 aliphatic heterocycles. The lowest BCUT2D eigenvalue weighted by atomic mass is 10.1. The van der Waals surface area contributed by atoms with E-state index in [-0.39, 0.29) is 5.78 Å². The van der Waals surface area contributed by atoms with E-state index in [2.05, 4.69) is 6.07 Å². The maximum Gasteiger partial charge on any atom is 0.169 e. The normalized spacial score (nSPS) is 11.5. The van der Waals surface area contributed by atoms with Crippen molar-refractivity contribution in [2.75, 3.05) is 0 Å². The predicted octanol–water partition coefficient (Wildman–Crippen LogP) is 2.11. The minimum atomic E-state index is -0.424. The minimum absolute atomic E-state index is 0.00361. The van der Waals surface area contributed by atoms with Crippen LogP contribution >= 0.6 is 0 Å². The lowest BCUT2D eigenvalue weighted by Gasteiger charge is -2.11. The van der Waals surface area contributed by atoms with Gasteiger partial charge in [0.15, 0.2) is 11.9 Å². The number of ether oxygens (including phenoxy) is 1. The quantitative estimate of drug-likeness (QED) is 0.753. The van der Waals surface area contributed by atoms with Crippen LogP contribution in [0.15, 0.2) is 24.3 Å². The molecule has 3 heteroatoms. The number of hydrogen-bond donors (Lipinski definition) is 0. The van der Waals surface area contributed by atoms with Crippen molar-refractivity contribution in [3.8, 4) is 11.8 Å². The third-order valence-electron chi connectivity index (χ3n) is 2.09. The molecule has 0 fully saturated rings. The average molecular weight is 203 g/mol. The van der Waals surface area contributed by atoms with E-state index in [0.29, 0.717) is 12.2 Å². The summed E-state index contributed by atoms with van der Waals surface area (Å²) >= 11 is 0. The van der Waals surface area contributed by atoms with Crippen molar-refractivity contribution >= 4 is 5.78 Å². The zero-order valence-electron chi connectivity index (χ0n) is 8.86. The van der Waals surface area contributed by atoms with Gasteiger partial charge >= 0.3 is 0 Å². The Kier molecular flexibility index (Phi) is 3.87. The average Bonchev–Trinajstić information content (AvgIpc) is 2.21. The monoisotopic (exact) mass is 203 g/mol. The number of benzene rings is 1. The Balaban J connectivity index is 2.65. The molecule has 0 saturated carbocycles. The SMILES string of the molecule is CC(=O)C(C)Oc1ccc(CC#N)cc1. The summed E-state index contributed by atoms with van der Waals surface area (Å²) in [6.07, 6.45) is -0.0328. The minimum Gasteiger partial charge on any atom is -0.483 e. The van der Waals surface area contributed by atoms with Crippen LogP contribution in [0, 0.1) is 11.3 Å². The lowest BCUT2D eigenvalue weighted by molar-refractivity contribution is -0.122. The van der Waals surface area contributed by atoms with E-state index in [4.69, 9.17) is 10.00 Å². The number of hydrogen-bond acceptors (Lipinski definition) is 3. The fourth-order valence-electron chi connectivity index (χ4n) is 1.06. The van der Waals surface area contributed by atoms with Crippen LogP contribution in [0.25, 0.3) is 0 Å². The number of carbonyl (C=O) groups is 1. The molecule has 1 rings (SSSR count). The van der Waals surface area contributed by atoms with Gasteiger partial charge in [-0.2, -0.15) is 5.26 Å². The van der Waals surface area contributed by atoms with Gasteiger partial charge in [-0.25, -0.2) is 0 Å². The molecule has 1 atom stereocenters. The summed E-state index contributed by atoms with van der Waals surface area (Å²) in [4.78, 5) is 10.9. The van der Waals surface area contributed by atoms with Gasteiger partial charge in [0, 0.05) is 0 Å². The summed E-state index contributed by atoms with van der Waals surface area (Å²) < 4.78 is 5.38. The summed E-state index contributed by atoms with van der Waals surface area (Å²) in [7, 11) is 0. The molecule has 0 saturated heterocycles. The molecular weight excluding hydrogens is 190 g/mol. The van der Waals surface area contributed by atoms with Gasteiger partial charge < -0.3 is 4.74 Å². The van der Waals surface area contributed by atoms with E-state index in [9.17, 15) is 4.79 Å². The Morgan fingerprint density at radius 1 is 1.47 bits per heavy atom. The molecule has 0 aliphatic rings. The molecule has 3 nitrogen and oxygen atoms in total. The topological polar surface area (TPSA) is 50.1 Å². The molecule has 0 aliphatic carbocycles. The van der Waals surface area contributed by atoms with Crippen LogP contribution in [0.4, 0.5) is 0 Å². The van der Waals surface area contributed by atoms with E-state index < -0.39 is 6.10 Å². The first-order valence-corrected chi connectivity index (χ1v) is 4.76. The molecule has 0 spiro atoms. The summed E-state index contributed by atoms with van der Waals surface area (Å²) in [5.41, 5.74) is 0.945. The van der Waals surface area contributed by atoms with Crippen molar-refractivity contribution in [3.63, 3.8) is 0 Å². The van der Waals surface area contributed by atoms with Gasteiger partial charge in [0.25, 0.3) is 0 Å². The second-order valence-corrected chi connectivity index (χ2v) is 3.35. The van der Waals surface area contributed by atoms with Gasteiger partial charge in [-0.15, -0.1) is 0 Å². The molecule has 1 unspecified atom stereocenters. The van der Waals surface area contributed by atoms with Crippen LogP contribution < -0.4 is 4.74 Å². The van der Waals surface area contributed by atoms with E-state index in [1.165, 1.54) is 6.92 Å². The van der Waals surface area contributed by atoms with Gasteiger partial charge in [-0.3, -0.25) is 4.79 Å². The zero-order valence-corrected chi connectivity index (χ0v) is 8.86. The first kappa shape index (κ1) is 11.3. The third kappa shape index (κ3) is 3.43. The highest BCUT2D eigenvalue weighted by Gasteiger charge is 2.08. The smallest absolute Gasteiger partial charge is 0.169 e. The number of Topliss-reactive ketones (excluding diaryl/α,β-unsaturated/α-hetero) is 1. The van der Waals surface area contributed by atoms with Gasteiger partial charge in [0.05, 0.1) is 12.5 Å². The first-order chi connectivity index (χ1) is 7.13. The van der Waals surface area contributed by atoms with Crippen LogP contribution in [-0.4, -0.2) is 11.9 Å². The highest BCUT2D eigenvalue weighted by molar-refractivity contribution is 5.80. The van der Waals surface area contributed by atoms with E-state index >= 15 is 0 Å². The highest BCUT2D eigenvalue weighted by Crippen LogP contribution is 2.14. The highest BCUT2D eigenvalue weighted by atomic mass is 16.5.